The van der Waals surface area contributed by atoms with E-state index in [0.29, 0.717) is 0 Å². The molecule has 9 rings (SSSR count). The second-order valence-electron chi connectivity index (χ2n) is 14.6. The molecule has 0 radical (unpaired) electrons. The predicted molar refractivity (Wildman–Crippen MR) is 221 cm³/mol. The number of hydrogen-bond acceptors (Lipinski definition) is 2. The van der Waals surface area contributed by atoms with E-state index in [0.717, 1.165) is 24.3 Å². The van der Waals surface area contributed by atoms with Gasteiger partial charge in [-0.25, -0.2) is 9.97 Å². The molecule has 5 heterocycles. The summed E-state index contributed by atoms with van der Waals surface area (Å²) in [7, 11) is 0. The van der Waals surface area contributed by atoms with E-state index >= 15 is 52.7 Å². The van der Waals surface area contributed by atoms with E-state index < -0.39 is 114 Å². The maximum atomic E-state index is 15.6. The monoisotopic (exact) mass is 886 g/mol. The van der Waals surface area contributed by atoms with Crippen LogP contribution in [0, 0.1) is 0 Å². The highest BCUT2D eigenvalue weighted by atomic mass is 19.4. The van der Waals surface area contributed by atoms with Gasteiger partial charge in [-0.2, -0.15) is 52.7 Å². The number of nitrogens with one attached hydrogen (secondary N) is 2. The zero-order valence-corrected chi connectivity index (χ0v) is 32.3. The van der Waals surface area contributed by atoms with E-state index in [1.54, 1.807) is 0 Å². The standard InChI is InChI=1S/C48H26F12N4/c49-45(50,51)37-38(46(52,53)54)42-35(27-17-9-3-10-18-27)31-23-24-32(62-31)36(28-19-11-4-12-20-28)44-40(48(58,59)60)39(47(55,56)57)43(64-44)34(26-15-7-2-8-16-26)30-22-21-29(61-30)33(41(37)63-42)25-13-5-1-6-14-25/h1-24,63-64H. The number of benzene rings is 4. The number of nitrogens with zero attached hydrogens (tertiary/aromatic N) is 2. The van der Waals surface area contributed by atoms with Crippen molar-refractivity contribution in [2.24, 2.45) is 0 Å². The third-order valence-electron chi connectivity index (χ3n) is 10.7. The molecule has 16 heteroatoms. The molecule has 64 heavy (non-hydrogen) atoms. The molecule has 2 aliphatic rings. The summed E-state index contributed by atoms with van der Waals surface area (Å²) in [6.07, 6.45) is -18.5. The number of aromatic amines is 2. The zero-order chi connectivity index (χ0) is 45.3. The first-order valence-electron chi connectivity index (χ1n) is 19.1. The molecule has 0 fully saturated rings. The van der Waals surface area contributed by atoms with Crippen LogP contribution in [-0.4, -0.2) is 19.9 Å². The van der Waals surface area contributed by atoms with E-state index in [4.69, 9.17) is 0 Å². The maximum Gasteiger partial charge on any atom is 0.419 e. The van der Waals surface area contributed by atoms with Crippen molar-refractivity contribution < 1.29 is 52.7 Å². The lowest BCUT2D eigenvalue weighted by atomic mass is 9.97. The number of aromatic nitrogens is 4. The van der Waals surface area contributed by atoms with Gasteiger partial charge in [0.25, 0.3) is 0 Å². The summed E-state index contributed by atoms with van der Waals surface area (Å²) in [6, 6.07) is 27.7. The molecule has 8 bridgehead atoms. The highest BCUT2D eigenvalue weighted by molar-refractivity contribution is 6.03. The molecule has 4 nitrogen and oxygen atoms in total. The van der Waals surface area contributed by atoms with Gasteiger partial charge in [0.1, 0.15) is 0 Å². The minimum atomic E-state index is -5.70. The van der Waals surface area contributed by atoms with E-state index in [1.165, 1.54) is 121 Å². The Morgan fingerprint density at radius 3 is 0.641 bits per heavy atom. The van der Waals surface area contributed by atoms with Crippen molar-refractivity contribution >= 4 is 46.4 Å². The lowest BCUT2D eigenvalue weighted by Gasteiger charge is -2.14. The first kappa shape index (κ1) is 42.0. The maximum absolute atomic E-state index is 15.6. The first-order valence-corrected chi connectivity index (χ1v) is 19.1. The Morgan fingerprint density at radius 1 is 0.281 bits per heavy atom. The zero-order valence-electron chi connectivity index (χ0n) is 32.3. The van der Waals surface area contributed by atoms with Gasteiger partial charge in [0.2, 0.25) is 0 Å². The van der Waals surface area contributed by atoms with Crippen molar-refractivity contribution in [3.05, 3.63) is 166 Å². The summed E-state index contributed by atoms with van der Waals surface area (Å²) in [4.78, 5) is 13.9. The van der Waals surface area contributed by atoms with E-state index in [1.807, 2.05) is 0 Å². The average molecular weight is 887 g/mol. The molecule has 0 atom stereocenters. The van der Waals surface area contributed by atoms with Crippen LogP contribution >= 0.6 is 0 Å². The van der Waals surface area contributed by atoms with Crippen LogP contribution in [0.4, 0.5) is 52.7 Å². The van der Waals surface area contributed by atoms with Crippen LogP contribution in [-0.2, 0) is 24.7 Å². The van der Waals surface area contributed by atoms with Gasteiger partial charge in [-0.05, 0) is 46.6 Å². The Hall–Kier alpha value is -7.36. The number of fused-ring (bicyclic) bond motifs is 8. The molecule has 3 aromatic heterocycles. The molecule has 322 valence electrons. The lowest BCUT2D eigenvalue weighted by molar-refractivity contribution is -0.159. The van der Waals surface area contributed by atoms with Crippen molar-refractivity contribution in [3.8, 4) is 44.5 Å². The van der Waals surface area contributed by atoms with Crippen LogP contribution in [0.3, 0.4) is 0 Å². The number of alkyl halides is 12. The van der Waals surface area contributed by atoms with Gasteiger partial charge in [-0.15, -0.1) is 0 Å². The molecule has 0 aliphatic carbocycles. The molecule has 0 amide bonds. The fourth-order valence-corrected chi connectivity index (χ4v) is 8.27. The van der Waals surface area contributed by atoms with Gasteiger partial charge in [0.05, 0.1) is 67.1 Å². The molecule has 0 saturated heterocycles. The second kappa shape index (κ2) is 15.2. The Balaban J connectivity index is 1.68. The van der Waals surface area contributed by atoms with Gasteiger partial charge in [0.15, 0.2) is 0 Å². The average Bonchev–Trinajstić information content (AvgIpc) is 4.06. The summed E-state index contributed by atoms with van der Waals surface area (Å²) < 4.78 is 187. The first-order chi connectivity index (χ1) is 30.3. The molecular formula is C48H26F12N4. The van der Waals surface area contributed by atoms with E-state index in [2.05, 4.69) is 19.9 Å². The van der Waals surface area contributed by atoms with Gasteiger partial charge in [0, 0.05) is 22.3 Å². The minimum Gasteiger partial charge on any atom is -0.353 e. The third-order valence-corrected chi connectivity index (χ3v) is 10.7. The van der Waals surface area contributed by atoms with Crippen LogP contribution in [0.15, 0.2) is 121 Å². The number of rotatable bonds is 4. The van der Waals surface area contributed by atoms with Crippen molar-refractivity contribution in [1.29, 1.82) is 0 Å². The molecule has 7 aromatic rings. The summed E-state index contributed by atoms with van der Waals surface area (Å²) in [6.45, 7) is 0. The summed E-state index contributed by atoms with van der Waals surface area (Å²) in [5.41, 5.74) is -17.1. The quantitative estimate of drug-likeness (QED) is 0.173. The number of halogens is 12. The molecular weight excluding hydrogens is 861 g/mol. The lowest BCUT2D eigenvalue weighted by Crippen LogP contribution is -2.15. The minimum absolute atomic E-state index is 0.0869. The second-order valence-corrected chi connectivity index (χ2v) is 14.6. The summed E-state index contributed by atoms with van der Waals surface area (Å²) in [5, 5.41) is 0. The van der Waals surface area contributed by atoms with Crippen molar-refractivity contribution in [3.63, 3.8) is 0 Å². The molecule has 2 N–H and O–H groups in total. The highest BCUT2D eigenvalue weighted by Crippen LogP contribution is 2.52. The highest BCUT2D eigenvalue weighted by Gasteiger charge is 2.50. The molecule has 0 spiro atoms. The Bertz CT molecular complexity index is 2760. The molecule has 0 saturated carbocycles. The fraction of sp³-hybridized carbons (Fsp3) is 0.0833. The number of H-pyrrole nitrogens is 2. The van der Waals surface area contributed by atoms with Crippen molar-refractivity contribution in [1.82, 2.24) is 19.9 Å². The van der Waals surface area contributed by atoms with E-state index in [9.17, 15) is 0 Å². The Kier molecular flexibility index (Phi) is 9.95. The Morgan fingerprint density at radius 2 is 0.469 bits per heavy atom. The fourth-order valence-electron chi connectivity index (χ4n) is 8.27. The number of hydrogen-bond donors (Lipinski definition) is 2. The molecule has 0 unspecified atom stereocenters. The molecule has 2 aliphatic heterocycles. The van der Waals surface area contributed by atoms with Crippen molar-refractivity contribution in [2.45, 2.75) is 24.7 Å². The predicted octanol–water partition coefficient (Wildman–Crippen LogP) is 15.4. The van der Waals surface area contributed by atoms with Gasteiger partial charge >= 0.3 is 24.7 Å². The van der Waals surface area contributed by atoms with Crippen LogP contribution in [0.5, 0.6) is 0 Å². The van der Waals surface area contributed by atoms with Crippen LogP contribution in [0.2, 0.25) is 0 Å². The largest absolute Gasteiger partial charge is 0.419 e. The summed E-state index contributed by atoms with van der Waals surface area (Å²) in [5.74, 6) is 0. The third kappa shape index (κ3) is 7.31. The normalized spacial score (nSPS) is 13.2. The summed E-state index contributed by atoms with van der Waals surface area (Å²) >= 11 is 0. The van der Waals surface area contributed by atoms with Gasteiger partial charge in [-0.1, -0.05) is 121 Å². The van der Waals surface area contributed by atoms with Crippen LogP contribution < -0.4 is 0 Å². The van der Waals surface area contributed by atoms with Crippen molar-refractivity contribution in [2.75, 3.05) is 0 Å². The van der Waals surface area contributed by atoms with Crippen LogP contribution in [0.25, 0.3) is 90.9 Å². The molecule has 4 aromatic carbocycles. The topological polar surface area (TPSA) is 57.4 Å². The van der Waals surface area contributed by atoms with Gasteiger partial charge in [-0.3, -0.25) is 0 Å². The smallest absolute Gasteiger partial charge is 0.353 e. The van der Waals surface area contributed by atoms with Crippen LogP contribution in [0.1, 0.15) is 45.0 Å². The Labute approximate surface area is 353 Å². The van der Waals surface area contributed by atoms with Gasteiger partial charge < -0.3 is 9.97 Å². The SMILES string of the molecule is FC(F)(F)c1c(C(F)(F)F)c2[nH]c1c(-c1ccccc1)c1nc(c(-c3ccccc3)c3[nH]c(c(-c4ccccc4)c4nc(c2-c2ccccc2)C=C4)c(C(F)(F)F)c3C(F)(F)F)C=C1. The van der Waals surface area contributed by atoms with E-state index in [-0.39, 0.29) is 22.3 Å².